The number of hydrogen-bond acceptors (Lipinski definition) is 3. The fraction of sp³-hybridized carbons (Fsp3) is 0.222. The van der Waals surface area contributed by atoms with E-state index in [0.29, 0.717) is 12.2 Å². The second-order valence-electron chi connectivity index (χ2n) is 1.98. The van der Waals surface area contributed by atoms with E-state index in [2.05, 4.69) is 16.6 Å². The summed E-state index contributed by atoms with van der Waals surface area (Å²) in [4.78, 5) is 10.7. The Hall–Kier alpha value is -1.69. The van der Waals surface area contributed by atoms with Gasteiger partial charge in [-0.3, -0.25) is 0 Å². The second-order valence-corrected chi connectivity index (χ2v) is 1.98. The van der Waals surface area contributed by atoms with Crippen molar-refractivity contribution in [2.24, 2.45) is 0 Å². The molecule has 3 nitrogen and oxygen atoms in total. The first-order chi connectivity index (χ1) is 5.83. The van der Waals surface area contributed by atoms with Crippen LogP contribution in [0, 0.1) is 11.8 Å². The molecule has 0 saturated heterocycles. The summed E-state index contributed by atoms with van der Waals surface area (Å²) in [6.45, 7) is 2.08. The Morgan fingerprint density at radius 2 is 2.58 bits per heavy atom. The van der Waals surface area contributed by atoms with Crippen LogP contribution < -0.4 is 0 Å². The molecule has 0 spiro atoms. The van der Waals surface area contributed by atoms with E-state index in [1.165, 1.54) is 12.5 Å². The molecule has 3 heteroatoms. The fourth-order valence-electron chi connectivity index (χ4n) is 0.626. The van der Waals surface area contributed by atoms with Crippen LogP contribution in [0.2, 0.25) is 0 Å². The maximum Gasteiger partial charge on any atom is 0.384 e. The zero-order valence-corrected chi connectivity index (χ0v) is 6.66. The first kappa shape index (κ1) is 8.41. The van der Waals surface area contributed by atoms with E-state index < -0.39 is 5.97 Å². The minimum atomic E-state index is -0.515. The van der Waals surface area contributed by atoms with E-state index >= 15 is 0 Å². The molecule has 1 rings (SSSR count). The first-order valence-electron chi connectivity index (χ1n) is 3.54. The molecule has 0 aliphatic heterocycles. The normalized spacial score (nSPS) is 8.42. The molecular weight excluding hydrogens is 156 g/mol. The van der Waals surface area contributed by atoms with Crippen molar-refractivity contribution in [2.75, 3.05) is 6.61 Å². The first-order valence-corrected chi connectivity index (χ1v) is 3.54. The molecule has 1 aromatic rings. The maximum atomic E-state index is 10.7. The molecule has 0 atom stereocenters. The van der Waals surface area contributed by atoms with E-state index in [9.17, 15) is 4.79 Å². The molecule has 0 aliphatic rings. The van der Waals surface area contributed by atoms with E-state index in [0.717, 1.165) is 0 Å². The number of rotatable bonds is 1. The van der Waals surface area contributed by atoms with Crippen LogP contribution in [0.4, 0.5) is 0 Å². The lowest BCUT2D eigenvalue weighted by atomic mass is 10.3. The Kier molecular flexibility index (Phi) is 2.97. The van der Waals surface area contributed by atoms with Crippen LogP contribution in [-0.2, 0) is 9.53 Å². The third kappa shape index (κ3) is 2.51. The van der Waals surface area contributed by atoms with Gasteiger partial charge in [-0.1, -0.05) is 5.92 Å². The van der Waals surface area contributed by atoms with Crippen molar-refractivity contribution in [3.05, 3.63) is 24.2 Å². The molecule has 0 saturated carbocycles. The Morgan fingerprint density at radius 3 is 3.17 bits per heavy atom. The van der Waals surface area contributed by atoms with Gasteiger partial charge in [0.1, 0.15) is 6.26 Å². The van der Waals surface area contributed by atoms with Gasteiger partial charge < -0.3 is 9.15 Å². The standard InChI is InChI=1S/C9H8O3/c1-2-12-9(10)4-3-8-5-6-11-7-8/h5-7H,2H2,1H3. The molecule has 0 amide bonds. The molecule has 0 fully saturated rings. The largest absolute Gasteiger partial charge is 0.471 e. The summed E-state index contributed by atoms with van der Waals surface area (Å²) >= 11 is 0. The molecule has 62 valence electrons. The highest BCUT2D eigenvalue weighted by molar-refractivity contribution is 5.89. The van der Waals surface area contributed by atoms with Crippen molar-refractivity contribution in [3.8, 4) is 11.8 Å². The van der Waals surface area contributed by atoms with Crippen LogP contribution in [0.15, 0.2) is 23.0 Å². The molecule has 0 aliphatic carbocycles. The lowest BCUT2D eigenvalue weighted by Crippen LogP contribution is -1.99. The third-order valence-electron chi connectivity index (χ3n) is 1.11. The summed E-state index contributed by atoms with van der Waals surface area (Å²) in [5.74, 6) is 4.39. The summed E-state index contributed by atoms with van der Waals surface area (Å²) in [5, 5.41) is 0. The minimum Gasteiger partial charge on any atom is -0.471 e. The average Bonchev–Trinajstić information content (AvgIpc) is 2.53. The van der Waals surface area contributed by atoms with Gasteiger partial charge in [0.2, 0.25) is 0 Å². The monoisotopic (exact) mass is 164 g/mol. The third-order valence-corrected chi connectivity index (χ3v) is 1.11. The predicted molar refractivity (Wildman–Crippen MR) is 42.2 cm³/mol. The average molecular weight is 164 g/mol. The van der Waals surface area contributed by atoms with Gasteiger partial charge in [-0.2, -0.15) is 0 Å². The van der Waals surface area contributed by atoms with Crippen LogP contribution in [-0.4, -0.2) is 12.6 Å². The Morgan fingerprint density at radius 1 is 1.75 bits per heavy atom. The molecular formula is C9H8O3. The van der Waals surface area contributed by atoms with Gasteiger partial charge in [-0.15, -0.1) is 0 Å². The highest BCUT2D eigenvalue weighted by Gasteiger charge is 1.92. The van der Waals surface area contributed by atoms with Crippen LogP contribution >= 0.6 is 0 Å². The van der Waals surface area contributed by atoms with Crippen molar-refractivity contribution >= 4 is 5.97 Å². The Balaban J connectivity index is 2.54. The summed E-state index contributed by atoms with van der Waals surface area (Å²) in [5.41, 5.74) is 0.669. The second kappa shape index (κ2) is 4.24. The van der Waals surface area contributed by atoms with Crippen LogP contribution in [0.25, 0.3) is 0 Å². The van der Waals surface area contributed by atoms with Crippen LogP contribution in [0.1, 0.15) is 12.5 Å². The molecule has 1 aromatic heterocycles. The van der Waals surface area contributed by atoms with Gasteiger partial charge in [0.05, 0.1) is 18.4 Å². The van der Waals surface area contributed by atoms with Crippen LogP contribution in [0.3, 0.4) is 0 Å². The van der Waals surface area contributed by atoms with Crippen molar-refractivity contribution in [2.45, 2.75) is 6.92 Å². The number of esters is 1. The molecule has 0 bridgehead atoms. The highest BCUT2D eigenvalue weighted by atomic mass is 16.5. The lowest BCUT2D eigenvalue weighted by Gasteiger charge is -1.89. The Bertz CT molecular complexity index is 300. The smallest absolute Gasteiger partial charge is 0.384 e. The van der Waals surface area contributed by atoms with Gasteiger partial charge in [-0.05, 0) is 13.0 Å². The highest BCUT2D eigenvalue weighted by Crippen LogP contribution is 1.95. The molecule has 0 unspecified atom stereocenters. The van der Waals surface area contributed by atoms with Gasteiger partial charge in [-0.25, -0.2) is 4.79 Å². The molecule has 1 heterocycles. The van der Waals surface area contributed by atoms with E-state index in [1.54, 1.807) is 13.0 Å². The van der Waals surface area contributed by atoms with Gasteiger partial charge >= 0.3 is 5.97 Å². The zero-order chi connectivity index (χ0) is 8.81. The predicted octanol–water partition coefficient (Wildman–Crippen LogP) is 1.19. The van der Waals surface area contributed by atoms with Gasteiger partial charge in [0, 0.05) is 5.92 Å². The van der Waals surface area contributed by atoms with Crippen LogP contribution in [0.5, 0.6) is 0 Å². The zero-order valence-electron chi connectivity index (χ0n) is 6.66. The molecule has 12 heavy (non-hydrogen) atoms. The van der Waals surface area contributed by atoms with E-state index in [1.807, 2.05) is 0 Å². The number of ether oxygens (including phenoxy) is 1. The van der Waals surface area contributed by atoms with Gasteiger partial charge in [0.15, 0.2) is 0 Å². The van der Waals surface area contributed by atoms with Crippen molar-refractivity contribution in [3.63, 3.8) is 0 Å². The molecule has 0 radical (unpaired) electrons. The van der Waals surface area contributed by atoms with E-state index in [-0.39, 0.29) is 0 Å². The topological polar surface area (TPSA) is 39.4 Å². The fourth-order valence-corrected chi connectivity index (χ4v) is 0.626. The van der Waals surface area contributed by atoms with Crippen molar-refractivity contribution in [1.29, 1.82) is 0 Å². The summed E-state index contributed by atoms with van der Waals surface area (Å²) in [6.07, 6.45) is 2.96. The molecule has 0 N–H and O–H groups in total. The van der Waals surface area contributed by atoms with Gasteiger partial charge in [0.25, 0.3) is 0 Å². The SMILES string of the molecule is CCOC(=O)C#Cc1ccoc1. The maximum absolute atomic E-state index is 10.7. The summed E-state index contributed by atoms with van der Waals surface area (Å²) in [6, 6.07) is 1.67. The summed E-state index contributed by atoms with van der Waals surface area (Å²) < 4.78 is 9.35. The number of furan rings is 1. The van der Waals surface area contributed by atoms with Crippen molar-refractivity contribution < 1.29 is 13.9 Å². The minimum absolute atomic E-state index is 0.346. The quantitative estimate of drug-likeness (QED) is 0.462. The number of carbonyl (C=O) groups excluding carboxylic acids is 1. The van der Waals surface area contributed by atoms with Crippen molar-refractivity contribution in [1.82, 2.24) is 0 Å². The Labute approximate surface area is 70.3 Å². The number of hydrogen-bond donors (Lipinski definition) is 0. The lowest BCUT2D eigenvalue weighted by molar-refractivity contribution is -0.136. The number of carbonyl (C=O) groups is 1. The summed E-state index contributed by atoms with van der Waals surface area (Å²) in [7, 11) is 0. The molecule has 0 aromatic carbocycles. The van der Waals surface area contributed by atoms with E-state index in [4.69, 9.17) is 4.42 Å².